The molecular weight excluding hydrogens is 309 g/mol. The van der Waals surface area contributed by atoms with Gasteiger partial charge in [-0.05, 0) is 45.3 Å². The summed E-state index contributed by atoms with van der Waals surface area (Å²) in [4.78, 5) is 31.3. The number of carbonyl (C=O) groups excluding carboxylic acids is 2. The highest BCUT2D eigenvalue weighted by Crippen LogP contribution is 2.33. The molecule has 1 aliphatic rings. The molecule has 0 spiro atoms. The predicted molar refractivity (Wildman–Crippen MR) is 89.2 cm³/mol. The minimum Gasteiger partial charge on any atom is -0.382 e. The molecule has 0 atom stereocenters. The molecule has 1 heterocycles. The van der Waals surface area contributed by atoms with E-state index in [0.717, 1.165) is 13.0 Å². The number of aromatic nitrogens is 1. The van der Waals surface area contributed by atoms with Crippen molar-refractivity contribution in [1.29, 1.82) is 0 Å². The van der Waals surface area contributed by atoms with E-state index < -0.39 is 5.82 Å². The Balaban J connectivity index is 1.98. The van der Waals surface area contributed by atoms with Gasteiger partial charge in [0.1, 0.15) is 5.82 Å². The first kappa shape index (κ1) is 16.3. The van der Waals surface area contributed by atoms with Crippen molar-refractivity contribution in [1.82, 2.24) is 9.88 Å². The van der Waals surface area contributed by atoms with Crippen LogP contribution in [0.25, 0.3) is 0 Å². The lowest BCUT2D eigenvalue weighted by atomic mass is 9.84. The summed E-state index contributed by atoms with van der Waals surface area (Å²) in [5, 5.41) is 2.99. The number of halogens is 1. The van der Waals surface area contributed by atoms with Gasteiger partial charge in [-0.3, -0.25) is 14.6 Å². The lowest BCUT2D eigenvalue weighted by molar-refractivity contribution is 0.0979. The maximum absolute atomic E-state index is 14.3. The molecule has 0 radical (unpaired) electrons. The van der Waals surface area contributed by atoms with Gasteiger partial charge in [-0.1, -0.05) is 0 Å². The molecule has 0 fully saturated rings. The van der Waals surface area contributed by atoms with Crippen LogP contribution >= 0.6 is 0 Å². The number of hydrogen-bond acceptors (Lipinski definition) is 5. The molecule has 0 saturated carbocycles. The van der Waals surface area contributed by atoms with Gasteiger partial charge in [0.2, 0.25) is 0 Å². The molecule has 1 aromatic heterocycles. The fraction of sp³-hybridized carbons (Fsp3) is 0.278. The number of pyridine rings is 1. The highest BCUT2D eigenvalue weighted by molar-refractivity contribution is 6.30. The van der Waals surface area contributed by atoms with E-state index in [1.807, 2.05) is 19.0 Å². The normalized spacial score (nSPS) is 13.0. The lowest BCUT2D eigenvalue weighted by Crippen LogP contribution is -2.24. The Morgan fingerprint density at radius 3 is 2.62 bits per heavy atom. The third kappa shape index (κ3) is 2.80. The Morgan fingerprint density at radius 1 is 1.08 bits per heavy atom. The van der Waals surface area contributed by atoms with Crippen molar-refractivity contribution in [3.05, 3.63) is 58.7 Å². The molecule has 0 unspecified atom stereocenters. The molecule has 24 heavy (non-hydrogen) atoms. The first-order valence-corrected chi connectivity index (χ1v) is 7.75. The number of nitrogens with zero attached hydrogens (tertiary/aromatic N) is 2. The third-order valence-corrected chi connectivity index (χ3v) is 4.02. The molecule has 1 aromatic carbocycles. The van der Waals surface area contributed by atoms with Gasteiger partial charge < -0.3 is 10.2 Å². The lowest BCUT2D eigenvalue weighted by Gasteiger charge is -2.21. The van der Waals surface area contributed by atoms with E-state index in [1.54, 1.807) is 0 Å². The van der Waals surface area contributed by atoms with Crippen LogP contribution in [0.5, 0.6) is 0 Å². The SMILES string of the molecule is CN(C)CCCNc1c(F)ccc2c1C(=O)c1ccncc1C2=O. The maximum Gasteiger partial charge on any atom is 0.196 e. The molecule has 6 heteroatoms. The quantitative estimate of drug-likeness (QED) is 0.729. The number of nitrogens with one attached hydrogen (secondary N) is 1. The molecule has 124 valence electrons. The van der Waals surface area contributed by atoms with Gasteiger partial charge in [-0.15, -0.1) is 0 Å². The zero-order valence-corrected chi connectivity index (χ0v) is 13.6. The monoisotopic (exact) mass is 327 g/mol. The van der Waals surface area contributed by atoms with Gasteiger partial charge in [-0.25, -0.2) is 4.39 Å². The van der Waals surface area contributed by atoms with Crippen LogP contribution in [0.3, 0.4) is 0 Å². The van der Waals surface area contributed by atoms with E-state index in [2.05, 4.69) is 10.3 Å². The van der Waals surface area contributed by atoms with Crippen molar-refractivity contribution in [3.63, 3.8) is 0 Å². The van der Waals surface area contributed by atoms with E-state index in [4.69, 9.17) is 0 Å². The fourth-order valence-electron chi connectivity index (χ4n) is 2.84. The number of anilines is 1. The van der Waals surface area contributed by atoms with Crippen LogP contribution in [0.4, 0.5) is 10.1 Å². The van der Waals surface area contributed by atoms with Crippen LogP contribution in [0.1, 0.15) is 38.3 Å². The van der Waals surface area contributed by atoms with E-state index in [-0.39, 0.29) is 39.5 Å². The average molecular weight is 327 g/mol. The number of rotatable bonds is 5. The predicted octanol–water partition coefficient (Wildman–Crippen LogP) is 2.36. The van der Waals surface area contributed by atoms with Crippen LogP contribution in [0.2, 0.25) is 0 Å². The molecule has 1 aliphatic carbocycles. The number of ketones is 2. The Morgan fingerprint density at radius 2 is 1.88 bits per heavy atom. The van der Waals surface area contributed by atoms with E-state index in [9.17, 15) is 14.0 Å². The second-order valence-electron chi connectivity index (χ2n) is 6.01. The van der Waals surface area contributed by atoms with Crippen molar-refractivity contribution >= 4 is 17.3 Å². The molecule has 0 bridgehead atoms. The average Bonchev–Trinajstić information content (AvgIpc) is 2.57. The Bertz CT molecular complexity index is 818. The van der Waals surface area contributed by atoms with Crippen LogP contribution in [-0.2, 0) is 0 Å². The number of fused-ring (bicyclic) bond motifs is 2. The Hall–Kier alpha value is -2.60. The topological polar surface area (TPSA) is 62.3 Å². The minimum absolute atomic E-state index is 0.104. The summed E-state index contributed by atoms with van der Waals surface area (Å²) in [7, 11) is 3.91. The van der Waals surface area contributed by atoms with Gasteiger partial charge in [-0.2, -0.15) is 0 Å². The summed E-state index contributed by atoms with van der Waals surface area (Å²) in [5.74, 6) is -1.18. The highest BCUT2D eigenvalue weighted by atomic mass is 19.1. The smallest absolute Gasteiger partial charge is 0.196 e. The van der Waals surface area contributed by atoms with Gasteiger partial charge >= 0.3 is 0 Å². The summed E-state index contributed by atoms with van der Waals surface area (Å²) in [6.45, 7) is 1.35. The zero-order chi connectivity index (χ0) is 17.3. The molecule has 0 saturated heterocycles. The summed E-state index contributed by atoms with van der Waals surface area (Å²) in [5.41, 5.74) is 0.970. The largest absolute Gasteiger partial charge is 0.382 e. The summed E-state index contributed by atoms with van der Waals surface area (Å²) in [6, 6.07) is 4.09. The summed E-state index contributed by atoms with van der Waals surface area (Å²) >= 11 is 0. The van der Waals surface area contributed by atoms with Crippen molar-refractivity contribution in [2.24, 2.45) is 0 Å². The molecule has 0 aliphatic heterocycles. The van der Waals surface area contributed by atoms with Gasteiger partial charge in [0, 0.05) is 30.1 Å². The molecule has 5 nitrogen and oxygen atoms in total. The maximum atomic E-state index is 14.3. The van der Waals surface area contributed by atoms with Gasteiger partial charge in [0.05, 0.1) is 16.8 Å². The summed E-state index contributed by atoms with van der Waals surface area (Å²) in [6.07, 6.45) is 3.63. The highest BCUT2D eigenvalue weighted by Gasteiger charge is 2.33. The van der Waals surface area contributed by atoms with Gasteiger partial charge in [0.15, 0.2) is 11.6 Å². The van der Waals surface area contributed by atoms with Crippen LogP contribution in [-0.4, -0.2) is 48.6 Å². The van der Waals surface area contributed by atoms with Crippen molar-refractivity contribution in [2.75, 3.05) is 32.5 Å². The molecule has 0 amide bonds. The van der Waals surface area contributed by atoms with Gasteiger partial charge in [0.25, 0.3) is 0 Å². The fourth-order valence-corrected chi connectivity index (χ4v) is 2.84. The number of benzene rings is 1. The van der Waals surface area contributed by atoms with E-state index >= 15 is 0 Å². The molecule has 3 rings (SSSR count). The standard InChI is InChI=1S/C18H18FN3O2/c1-22(2)9-3-7-21-16-14(19)5-4-12-15(16)18(24)11-6-8-20-10-13(11)17(12)23/h4-6,8,10,21H,3,7,9H2,1-2H3. The number of carbonyl (C=O) groups is 2. The first-order chi connectivity index (χ1) is 11.5. The van der Waals surface area contributed by atoms with Crippen molar-refractivity contribution in [2.45, 2.75) is 6.42 Å². The van der Waals surface area contributed by atoms with Crippen molar-refractivity contribution < 1.29 is 14.0 Å². The molecule has 1 N–H and O–H groups in total. The van der Waals surface area contributed by atoms with E-state index in [1.165, 1.54) is 30.6 Å². The first-order valence-electron chi connectivity index (χ1n) is 7.75. The third-order valence-electron chi connectivity index (χ3n) is 4.02. The van der Waals surface area contributed by atoms with Crippen LogP contribution < -0.4 is 5.32 Å². The van der Waals surface area contributed by atoms with Crippen LogP contribution in [0, 0.1) is 5.82 Å². The molecular formula is C18H18FN3O2. The molecule has 2 aromatic rings. The zero-order valence-electron chi connectivity index (χ0n) is 13.6. The Kier molecular flexibility index (Phi) is 4.40. The Labute approximate surface area is 139 Å². The van der Waals surface area contributed by atoms with E-state index in [0.29, 0.717) is 6.54 Å². The summed E-state index contributed by atoms with van der Waals surface area (Å²) < 4.78 is 14.3. The minimum atomic E-state index is -0.530. The number of hydrogen-bond donors (Lipinski definition) is 1. The second-order valence-corrected chi connectivity index (χ2v) is 6.01. The van der Waals surface area contributed by atoms with Crippen LogP contribution in [0.15, 0.2) is 30.6 Å². The second kappa shape index (κ2) is 6.49. The van der Waals surface area contributed by atoms with Crippen molar-refractivity contribution in [3.8, 4) is 0 Å².